The van der Waals surface area contributed by atoms with E-state index in [0.29, 0.717) is 49.9 Å². The third-order valence-corrected chi connectivity index (χ3v) is 7.23. The summed E-state index contributed by atoms with van der Waals surface area (Å²) < 4.78 is 40.2. The van der Waals surface area contributed by atoms with Gasteiger partial charge in [-0.2, -0.15) is 0 Å². The highest BCUT2D eigenvalue weighted by Crippen LogP contribution is 2.44. The number of carbonyl (C=O) groups is 1. The van der Waals surface area contributed by atoms with E-state index < -0.39 is 11.5 Å². The smallest absolute Gasteiger partial charge is 0.410 e. The van der Waals surface area contributed by atoms with E-state index in [1.165, 1.54) is 25.3 Å². The molecular weight excluding hydrogens is 390 g/mol. The van der Waals surface area contributed by atoms with Gasteiger partial charge in [-0.1, -0.05) is 0 Å². The van der Waals surface area contributed by atoms with Crippen molar-refractivity contribution < 1.29 is 23.0 Å². The predicted octanol–water partition coefficient (Wildman–Crippen LogP) is 4.64. The minimum Gasteiger partial charge on any atom is -0.496 e. The van der Waals surface area contributed by atoms with Crippen LogP contribution < -0.4 is 4.74 Å². The zero-order valence-electron chi connectivity index (χ0n) is 17.9. The van der Waals surface area contributed by atoms with Crippen molar-refractivity contribution >= 4 is 6.09 Å². The molecule has 1 amide bonds. The molecule has 0 saturated carbocycles. The molecule has 0 aliphatic carbocycles. The molecule has 166 valence electrons. The molecule has 30 heavy (non-hydrogen) atoms. The number of carbonyl (C=O) groups excluding carboxylic acids is 1. The number of alkyl halides is 1. The number of methoxy groups -OCH3 is 1. The van der Waals surface area contributed by atoms with Crippen LogP contribution in [0.25, 0.3) is 0 Å². The van der Waals surface area contributed by atoms with Gasteiger partial charge >= 0.3 is 6.09 Å². The highest BCUT2D eigenvalue weighted by atomic mass is 19.1. The highest BCUT2D eigenvalue weighted by Gasteiger charge is 2.45. The summed E-state index contributed by atoms with van der Waals surface area (Å²) >= 11 is 0. The van der Waals surface area contributed by atoms with Gasteiger partial charge in [0.05, 0.1) is 13.7 Å². The third kappa shape index (κ3) is 4.01. The molecule has 5 nitrogen and oxygen atoms in total. The van der Waals surface area contributed by atoms with Crippen LogP contribution in [0.2, 0.25) is 0 Å². The van der Waals surface area contributed by atoms with Gasteiger partial charge in [0.15, 0.2) is 0 Å². The third-order valence-electron chi connectivity index (χ3n) is 7.23. The number of benzene rings is 1. The number of hydrogen-bond donors (Lipinski definition) is 0. The van der Waals surface area contributed by atoms with E-state index in [-0.39, 0.29) is 18.2 Å². The first-order valence-corrected chi connectivity index (χ1v) is 11.2. The zero-order chi connectivity index (χ0) is 21.3. The van der Waals surface area contributed by atoms with Crippen molar-refractivity contribution in [2.75, 3.05) is 26.8 Å². The number of nitrogens with zero attached hydrogens (tertiary/aromatic N) is 2. The van der Waals surface area contributed by atoms with E-state index in [9.17, 15) is 9.18 Å². The summed E-state index contributed by atoms with van der Waals surface area (Å²) in [7, 11) is 1.49. The molecule has 2 bridgehead atoms. The lowest BCUT2D eigenvalue weighted by atomic mass is 9.84. The Morgan fingerprint density at radius 2 is 1.80 bits per heavy atom. The molecule has 3 atom stereocenters. The average molecular weight is 423 g/mol. The molecule has 7 heteroatoms. The lowest BCUT2D eigenvalue weighted by Crippen LogP contribution is -2.47. The van der Waals surface area contributed by atoms with E-state index in [1.807, 2.05) is 11.8 Å². The Morgan fingerprint density at radius 3 is 2.47 bits per heavy atom. The van der Waals surface area contributed by atoms with Gasteiger partial charge in [-0.05, 0) is 70.1 Å². The molecule has 0 radical (unpaired) electrons. The van der Waals surface area contributed by atoms with E-state index >= 15 is 4.39 Å². The average Bonchev–Trinajstić information content (AvgIpc) is 3.03. The first-order chi connectivity index (χ1) is 14.4. The van der Waals surface area contributed by atoms with E-state index in [4.69, 9.17) is 9.47 Å². The van der Waals surface area contributed by atoms with Crippen molar-refractivity contribution in [3.63, 3.8) is 0 Å². The van der Waals surface area contributed by atoms with Crippen LogP contribution in [0.4, 0.5) is 13.6 Å². The van der Waals surface area contributed by atoms with Crippen LogP contribution in [-0.2, 0) is 10.4 Å². The van der Waals surface area contributed by atoms with E-state index in [0.717, 1.165) is 32.1 Å². The Kier molecular flexibility index (Phi) is 6.19. The zero-order valence-corrected chi connectivity index (χ0v) is 17.9. The van der Waals surface area contributed by atoms with Crippen LogP contribution in [0.1, 0.15) is 57.4 Å². The van der Waals surface area contributed by atoms with Crippen molar-refractivity contribution in [1.82, 2.24) is 9.80 Å². The highest BCUT2D eigenvalue weighted by molar-refractivity contribution is 5.69. The summed E-state index contributed by atoms with van der Waals surface area (Å²) in [4.78, 5) is 16.8. The van der Waals surface area contributed by atoms with Crippen molar-refractivity contribution in [3.8, 4) is 5.75 Å². The topological polar surface area (TPSA) is 42.0 Å². The van der Waals surface area contributed by atoms with E-state index in [2.05, 4.69) is 4.90 Å². The summed E-state index contributed by atoms with van der Waals surface area (Å²) in [5.74, 6) is -0.0340. The molecule has 3 saturated heterocycles. The minimum atomic E-state index is -1.58. The second kappa shape index (κ2) is 8.69. The largest absolute Gasteiger partial charge is 0.496 e. The second-order valence-electron chi connectivity index (χ2n) is 8.80. The molecule has 0 N–H and O–H groups in total. The van der Waals surface area contributed by atoms with Crippen LogP contribution >= 0.6 is 0 Å². The Balaban J connectivity index is 1.42. The fraction of sp³-hybridized carbons (Fsp3) is 0.696. The molecule has 3 fully saturated rings. The van der Waals surface area contributed by atoms with Gasteiger partial charge in [0.2, 0.25) is 0 Å². The number of rotatable bonds is 4. The number of likely N-dealkylation sites (tertiary alicyclic amines) is 1. The van der Waals surface area contributed by atoms with Gasteiger partial charge in [-0.3, -0.25) is 0 Å². The lowest BCUT2D eigenvalue weighted by Gasteiger charge is -2.41. The number of piperidine rings is 1. The summed E-state index contributed by atoms with van der Waals surface area (Å²) in [5.41, 5.74) is -1.26. The molecule has 1 aromatic rings. The second-order valence-corrected chi connectivity index (χ2v) is 8.80. The normalized spacial score (nSPS) is 28.8. The maximum atomic E-state index is 15.8. The molecule has 4 rings (SSSR count). The van der Waals surface area contributed by atoms with Crippen LogP contribution in [0.3, 0.4) is 0 Å². The molecule has 0 spiro atoms. The summed E-state index contributed by atoms with van der Waals surface area (Å²) in [5, 5.41) is 0. The monoisotopic (exact) mass is 422 g/mol. The van der Waals surface area contributed by atoms with Crippen LogP contribution in [0.15, 0.2) is 18.2 Å². The Labute approximate surface area is 177 Å². The first kappa shape index (κ1) is 21.3. The van der Waals surface area contributed by atoms with Crippen LogP contribution in [0.5, 0.6) is 5.75 Å². The molecule has 3 aliphatic heterocycles. The van der Waals surface area contributed by atoms with Crippen molar-refractivity contribution in [1.29, 1.82) is 0 Å². The van der Waals surface area contributed by atoms with Gasteiger partial charge in [0, 0.05) is 36.8 Å². The summed E-state index contributed by atoms with van der Waals surface area (Å²) in [6.07, 6.45) is 5.40. The number of amides is 1. The fourth-order valence-corrected chi connectivity index (χ4v) is 5.66. The maximum Gasteiger partial charge on any atom is 0.410 e. The Hall–Kier alpha value is -1.89. The van der Waals surface area contributed by atoms with Crippen molar-refractivity contribution in [2.45, 2.75) is 75.7 Å². The van der Waals surface area contributed by atoms with E-state index in [1.54, 1.807) is 0 Å². The fourth-order valence-electron chi connectivity index (χ4n) is 5.66. The molecule has 0 aromatic heterocycles. The molecule has 3 unspecified atom stereocenters. The van der Waals surface area contributed by atoms with Gasteiger partial charge in [-0.15, -0.1) is 0 Å². The number of halogens is 2. The van der Waals surface area contributed by atoms with Gasteiger partial charge in [0.1, 0.15) is 17.2 Å². The quantitative estimate of drug-likeness (QED) is 0.709. The Bertz CT molecular complexity index is 767. The first-order valence-electron chi connectivity index (χ1n) is 11.2. The number of hydrogen-bond acceptors (Lipinski definition) is 4. The number of fused-ring (bicyclic) bond motifs is 2. The summed E-state index contributed by atoms with van der Waals surface area (Å²) in [6, 6.07) is 4.90. The van der Waals surface area contributed by atoms with Gasteiger partial charge in [0.25, 0.3) is 0 Å². The molecule has 1 aromatic carbocycles. The summed E-state index contributed by atoms with van der Waals surface area (Å²) in [6.45, 7) is 3.48. The van der Waals surface area contributed by atoms with Gasteiger partial charge < -0.3 is 19.3 Å². The number of ether oxygens (including phenoxy) is 2. The van der Waals surface area contributed by atoms with Crippen LogP contribution in [0, 0.1) is 5.82 Å². The van der Waals surface area contributed by atoms with Crippen molar-refractivity contribution in [3.05, 3.63) is 29.6 Å². The SMILES string of the molecule is CCOC(=O)N1C2CCC(N3CCC(F)(c4cc(F)ccc4OC)CC3)CC1CC2. The predicted molar refractivity (Wildman–Crippen MR) is 110 cm³/mol. The van der Waals surface area contributed by atoms with Gasteiger partial charge in [-0.25, -0.2) is 13.6 Å². The Morgan fingerprint density at radius 1 is 1.13 bits per heavy atom. The molecular formula is C23H32F2N2O3. The van der Waals surface area contributed by atoms with Crippen LogP contribution in [-0.4, -0.2) is 60.8 Å². The molecule has 3 heterocycles. The molecule has 3 aliphatic rings. The standard InChI is InChI=1S/C23H32F2N2O3/c1-3-30-22(28)27-17-5-7-18(15-19(27)8-6-17)26-12-10-23(25,11-13-26)20-14-16(24)4-9-21(20)29-2/h4,9,14,17-19H,3,5-8,10-13,15H2,1-2H3. The van der Waals surface area contributed by atoms with Crippen molar-refractivity contribution in [2.24, 2.45) is 0 Å². The lowest BCUT2D eigenvalue weighted by molar-refractivity contribution is 0.0272. The maximum absolute atomic E-state index is 15.8. The minimum absolute atomic E-state index is 0.190.